The van der Waals surface area contributed by atoms with E-state index in [-0.39, 0.29) is 12.5 Å². The van der Waals surface area contributed by atoms with Crippen LogP contribution in [-0.4, -0.2) is 40.6 Å². The first kappa shape index (κ1) is 15.1. The van der Waals surface area contributed by atoms with E-state index in [1.165, 1.54) is 19.3 Å². The van der Waals surface area contributed by atoms with Gasteiger partial charge in [-0.1, -0.05) is 19.3 Å². The van der Waals surface area contributed by atoms with Crippen molar-refractivity contribution in [3.63, 3.8) is 0 Å². The van der Waals surface area contributed by atoms with Crippen molar-refractivity contribution in [2.24, 2.45) is 5.92 Å². The average Bonchev–Trinajstić information content (AvgIpc) is 2.74. The monoisotopic (exact) mass is 282 g/mol. The predicted molar refractivity (Wildman–Crippen MR) is 76.6 cm³/mol. The minimum absolute atomic E-state index is 0.0414. The van der Waals surface area contributed by atoms with Crippen molar-refractivity contribution in [2.75, 3.05) is 13.1 Å². The maximum absolute atomic E-state index is 12.4. The lowest BCUT2D eigenvalue weighted by molar-refractivity contribution is -0.138. The Morgan fingerprint density at radius 3 is 2.35 bits per heavy atom. The van der Waals surface area contributed by atoms with Crippen molar-refractivity contribution < 1.29 is 14.7 Å². The number of hydrogen-bond donors (Lipinski definition) is 2. The highest BCUT2D eigenvalue weighted by Crippen LogP contribution is 2.33. The molecule has 0 heterocycles. The Bertz CT molecular complexity index is 360. The van der Waals surface area contributed by atoms with Gasteiger partial charge in [-0.05, 0) is 38.5 Å². The smallest absolute Gasteiger partial charge is 0.317 e. The van der Waals surface area contributed by atoms with Gasteiger partial charge in [-0.15, -0.1) is 0 Å². The van der Waals surface area contributed by atoms with Gasteiger partial charge in [0.25, 0.3) is 0 Å². The molecule has 5 heteroatoms. The fourth-order valence-electron chi connectivity index (χ4n) is 3.34. The third kappa shape index (κ3) is 3.64. The van der Waals surface area contributed by atoms with Crippen molar-refractivity contribution in [1.82, 2.24) is 10.2 Å². The first-order valence-electron chi connectivity index (χ1n) is 7.83. The highest BCUT2D eigenvalue weighted by Gasteiger charge is 2.38. The molecule has 0 unspecified atom stereocenters. The molecule has 0 aliphatic heterocycles. The summed E-state index contributed by atoms with van der Waals surface area (Å²) < 4.78 is 0. The second-order valence-electron chi connectivity index (χ2n) is 6.32. The number of carbonyl (C=O) groups excluding carboxylic acids is 1. The van der Waals surface area contributed by atoms with Crippen LogP contribution in [0.1, 0.15) is 58.3 Å². The Balaban J connectivity index is 1.93. The number of nitrogens with zero attached hydrogens (tertiary/aromatic N) is 1. The molecule has 0 aromatic rings. The van der Waals surface area contributed by atoms with Crippen LogP contribution in [-0.2, 0) is 4.79 Å². The summed E-state index contributed by atoms with van der Waals surface area (Å²) in [7, 11) is 0. The average molecular weight is 282 g/mol. The molecular weight excluding hydrogens is 256 g/mol. The van der Waals surface area contributed by atoms with Crippen molar-refractivity contribution >= 4 is 12.0 Å². The summed E-state index contributed by atoms with van der Waals surface area (Å²) in [6.07, 6.45) is 7.31. The summed E-state index contributed by atoms with van der Waals surface area (Å²) in [5, 5.41) is 12.1. The molecule has 0 aromatic carbocycles. The molecule has 0 spiro atoms. The Morgan fingerprint density at radius 2 is 1.90 bits per heavy atom. The molecule has 2 rings (SSSR count). The Kier molecular flexibility index (Phi) is 4.89. The zero-order valence-electron chi connectivity index (χ0n) is 12.4. The van der Waals surface area contributed by atoms with E-state index < -0.39 is 11.5 Å². The third-order valence-electron chi connectivity index (χ3n) is 4.79. The molecule has 0 saturated heterocycles. The maximum atomic E-state index is 12.4. The number of carboxylic acids is 1. The van der Waals surface area contributed by atoms with Gasteiger partial charge in [-0.25, -0.2) is 4.79 Å². The van der Waals surface area contributed by atoms with E-state index in [0.717, 1.165) is 32.2 Å². The van der Waals surface area contributed by atoms with Crippen LogP contribution >= 0.6 is 0 Å². The van der Waals surface area contributed by atoms with E-state index in [1.807, 2.05) is 11.8 Å². The highest BCUT2D eigenvalue weighted by atomic mass is 16.4. The zero-order chi connectivity index (χ0) is 14.6. The lowest BCUT2D eigenvalue weighted by Crippen LogP contribution is -2.53. The molecular formula is C15H26N2O3. The van der Waals surface area contributed by atoms with Crippen LogP contribution in [0.2, 0.25) is 0 Å². The third-order valence-corrected chi connectivity index (χ3v) is 4.79. The van der Waals surface area contributed by atoms with E-state index in [9.17, 15) is 9.59 Å². The Hall–Kier alpha value is -1.26. The first-order chi connectivity index (χ1) is 9.54. The van der Waals surface area contributed by atoms with Gasteiger partial charge in [0.15, 0.2) is 0 Å². The molecule has 0 atom stereocenters. The Morgan fingerprint density at radius 1 is 1.25 bits per heavy atom. The van der Waals surface area contributed by atoms with Crippen LogP contribution in [0.25, 0.3) is 0 Å². The van der Waals surface area contributed by atoms with Crippen LogP contribution in [0.3, 0.4) is 0 Å². The lowest BCUT2D eigenvalue weighted by atomic mass is 9.85. The summed E-state index contributed by atoms with van der Waals surface area (Å²) >= 11 is 0. The van der Waals surface area contributed by atoms with Gasteiger partial charge < -0.3 is 15.3 Å². The van der Waals surface area contributed by atoms with Crippen LogP contribution in [0, 0.1) is 5.92 Å². The number of carbonyl (C=O) groups is 2. The molecule has 2 amide bonds. The van der Waals surface area contributed by atoms with Crippen molar-refractivity contribution in [3.05, 3.63) is 0 Å². The quantitative estimate of drug-likeness (QED) is 0.786. The second kappa shape index (κ2) is 6.46. The van der Waals surface area contributed by atoms with Gasteiger partial charge >= 0.3 is 12.0 Å². The molecule has 2 aliphatic carbocycles. The largest absolute Gasteiger partial charge is 0.481 e. The van der Waals surface area contributed by atoms with Gasteiger partial charge in [0.2, 0.25) is 0 Å². The number of carboxylic acid groups (broad SMARTS) is 1. The number of hydrogen-bond acceptors (Lipinski definition) is 2. The van der Waals surface area contributed by atoms with Crippen LogP contribution in [0.15, 0.2) is 0 Å². The minimum atomic E-state index is -0.825. The van der Waals surface area contributed by atoms with E-state index in [0.29, 0.717) is 12.5 Å². The Labute approximate surface area is 120 Å². The summed E-state index contributed by atoms with van der Waals surface area (Å²) in [5.41, 5.74) is -0.518. The number of aliphatic carboxylic acids is 1. The summed E-state index contributed by atoms with van der Waals surface area (Å²) in [5.74, 6) is -0.186. The fourth-order valence-corrected chi connectivity index (χ4v) is 3.34. The highest BCUT2D eigenvalue weighted by molar-refractivity contribution is 5.77. The van der Waals surface area contributed by atoms with Crippen LogP contribution in [0.4, 0.5) is 4.79 Å². The van der Waals surface area contributed by atoms with Crippen molar-refractivity contribution in [1.29, 1.82) is 0 Å². The molecule has 20 heavy (non-hydrogen) atoms. The predicted octanol–water partition coefficient (Wildman–Crippen LogP) is 2.61. The topological polar surface area (TPSA) is 69.6 Å². The van der Waals surface area contributed by atoms with Crippen LogP contribution < -0.4 is 5.32 Å². The van der Waals surface area contributed by atoms with Crippen LogP contribution in [0.5, 0.6) is 0 Å². The molecule has 0 radical (unpaired) electrons. The van der Waals surface area contributed by atoms with Gasteiger partial charge in [-0.2, -0.15) is 0 Å². The molecule has 2 saturated carbocycles. The normalized spacial score (nSPS) is 21.2. The maximum Gasteiger partial charge on any atom is 0.317 e. The minimum Gasteiger partial charge on any atom is -0.481 e. The SMILES string of the molecule is CCN(CC1CCC1)C(=O)NC1(CC(=O)O)CCCC1. The molecule has 0 bridgehead atoms. The standard InChI is InChI=1S/C15H26N2O3/c1-2-17(11-12-6-5-7-12)14(20)16-15(10-13(18)19)8-3-4-9-15/h12H,2-11H2,1H3,(H,16,20)(H,18,19). The summed E-state index contributed by atoms with van der Waals surface area (Å²) in [6.45, 7) is 3.48. The fraction of sp³-hybridized carbons (Fsp3) is 0.867. The molecule has 5 nitrogen and oxygen atoms in total. The first-order valence-corrected chi connectivity index (χ1v) is 7.83. The number of nitrogens with one attached hydrogen (secondary N) is 1. The number of urea groups is 1. The van der Waals surface area contributed by atoms with E-state index in [1.54, 1.807) is 0 Å². The van der Waals surface area contributed by atoms with Crippen molar-refractivity contribution in [2.45, 2.75) is 63.8 Å². The van der Waals surface area contributed by atoms with Gasteiger partial charge in [-0.3, -0.25) is 4.79 Å². The molecule has 0 aromatic heterocycles. The summed E-state index contributed by atoms with van der Waals surface area (Å²) in [6, 6.07) is -0.0810. The second-order valence-corrected chi connectivity index (χ2v) is 6.32. The summed E-state index contributed by atoms with van der Waals surface area (Å²) in [4.78, 5) is 25.3. The molecule has 2 N–H and O–H groups in total. The number of amides is 2. The molecule has 2 aliphatic rings. The van der Waals surface area contributed by atoms with E-state index >= 15 is 0 Å². The molecule has 2 fully saturated rings. The number of rotatable bonds is 6. The van der Waals surface area contributed by atoms with E-state index in [2.05, 4.69) is 5.32 Å². The van der Waals surface area contributed by atoms with Gasteiger partial charge in [0, 0.05) is 13.1 Å². The van der Waals surface area contributed by atoms with Gasteiger partial charge in [0.1, 0.15) is 0 Å². The lowest BCUT2D eigenvalue weighted by Gasteiger charge is -2.35. The zero-order valence-corrected chi connectivity index (χ0v) is 12.4. The van der Waals surface area contributed by atoms with Gasteiger partial charge in [0.05, 0.1) is 12.0 Å². The van der Waals surface area contributed by atoms with Crippen molar-refractivity contribution in [3.8, 4) is 0 Å². The molecule has 114 valence electrons. The van der Waals surface area contributed by atoms with E-state index in [4.69, 9.17) is 5.11 Å².